The number of nitrogens with two attached hydrogens (primary N) is 1. The van der Waals surface area contributed by atoms with E-state index in [4.69, 9.17) is 10.5 Å². The summed E-state index contributed by atoms with van der Waals surface area (Å²) in [4.78, 5) is 8.17. The second-order valence-electron chi connectivity index (χ2n) is 4.09. The highest BCUT2D eigenvalue weighted by Gasteiger charge is 2.07. The number of nitrogens with one attached hydrogen (secondary N) is 1. The molecule has 0 spiro atoms. The van der Waals surface area contributed by atoms with E-state index in [0.717, 1.165) is 31.6 Å². The molecule has 0 saturated heterocycles. The van der Waals surface area contributed by atoms with Gasteiger partial charge in [0.2, 0.25) is 11.8 Å². The molecule has 0 aromatic carbocycles. The highest BCUT2D eigenvalue weighted by molar-refractivity contribution is 5.42. The molecule has 1 atom stereocenters. The Bertz CT molecular complexity index is 343. The van der Waals surface area contributed by atoms with E-state index < -0.39 is 0 Å². The lowest BCUT2D eigenvalue weighted by atomic mass is 10.2. The Morgan fingerprint density at radius 1 is 1.35 bits per heavy atom. The Kier molecular flexibility index (Phi) is 5.52. The van der Waals surface area contributed by atoms with Crippen molar-refractivity contribution in [3.63, 3.8) is 0 Å². The largest absolute Gasteiger partial charge is 0.474 e. The highest BCUT2D eigenvalue weighted by atomic mass is 16.5. The van der Waals surface area contributed by atoms with Gasteiger partial charge < -0.3 is 15.8 Å². The topological polar surface area (TPSA) is 73.1 Å². The number of nitrogen functional groups attached to an aromatic ring is 1. The number of anilines is 2. The molecule has 3 N–H and O–H groups in total. The molecule has 1 aromatic rings. The van der Waals surface area contributed by atoms with Crippen molar-refractivity contribution in [2.75, 3.05) is 17.6 Å². The van der Waals surface area contributed by atoms with E-state index in [1.807, 2.05) is 6.92 Å². The fraction of sp³-hybridized carbons (Fsp3) is 0.667. The van der Waals surface area contributed by atoms with Gasteiger partial charge in [-0.15, -0.1) is 0 Å². The Hall–Kier alpha value is -1.52. The Labute approximate surface area is 103 Å². The zero-order valence-electron chi connectivity index (χ0n) is 10.9. The average molecular weight is 238 g/mol. The van der Waals surface area contributed by atoms with Crippen LogP contribution in [0.2, 0.25) is 0 Å². The average Bonchev–Trinajstić information content (AvgIpc) is 2.25. The van der Waals surface area contributed by atoms with Crippen molar-refractivity contribution in [1.29, 1.82) is 0 Å². The number of rotatable bonds is 7. The molecule has 1 rings (SSSR count). The van der Waals surface area contributed by atoms with Gasteiger partial charge in [-0.3, -0.25) is 0 Å². The van der Waals surface area contributed by atoms with Crippen LogP contribution in [0.1, 0.15) is 40.0 Å². The monoisotopic (exact) mass is 238 g/mol. The standard InChI is InChI=1S/C12H22N4O/c1-4-6-9(3)17-11-8-10(14-7-5-2)15-12(13)16-11/h8-9H,4-7H2,1-3H3,(H3,13,14,15,16). The maximum Gasteiger partial charge on any atom is 0.225 e. The van der Waals surface area contributed by atoms with Gasteiger partial charge in [-0.2, -0.15) is 9.97 Å². The van der Waals surface area contributed by atoms with Crippen LogP contribution in [0.3, 0.4) is 0 Å². The molecule has 0 fully saturated rings. The molecular weight excluding hydrogens is 216 g/mol. The van der Waals surface area contributed by atoms with Crippen molar-refractivity contribution < 1.29 is 4.74 Å². The molecule has 5 heteroatoms. The van der Waals surface area contributed by atoms with Crippen LogP contribution in [0, 0.1) is 0 Å². The molecule has 0 bridgehead atoms. The van der Waals surface area contributed by atoms with Crippen LogP contribution in [0.25, 0.3) is 0 Å². The summed E-state index contributed by atoms with van der Waals surface area (Å²) in [7, 11) is 0. The van der Waals surface area contributed by atoms with E-state index in [0.29, 0.717) is 5.88 Å². The lowest BCUT2D eigenvalue weighted by Gasteiger charge is -2.14. The van der Waals surface area contributed by atoms with Gasteiger partial charge in [0.15, 0.2) is 0 Å². The highest BCUT2D eigenvalue weighted by Crippen LogP contribution is 2.17. The van der Waals surface area contributed by atoms with E-state index in [1.165, 1.54) is 0 Å². The summed E-state index contributed by atoms with van der Waals surface area (Å²) in [5.74, 6) is 1.50. The lowest BCUT2D eigenvalue weighted by molar-refractivity contribution is 0.201. The number of ether oxygens (including phenoxy) is 1. The first kappa shape index (κ1) is 13.5. The third-order valence-electron chi connectivity index (χ3n) is 2.29. The fourth-order valence-corrected chi connectivity index (χ4v) is 1.52. The van der Waals surface area contributed by atoms with E-state index >= 15 is 0 Å². The van der Waals surface area contributed by atoms with Gasteiger partial charge in [0.1, 0.15) is 5.82 Å². The predicted octanol–water partition coefficient (Wildman–Crippen LogP) is 2.45. The Balaban J connectivity index is 2.67. The van der Waals surface area contributed by atoms with Crippen molar-refractivity contribution in [2.45, 2.75) is 46.1 Å². The third kappa shape index (κ3) is 4.89. The first-order valence-electron chi connectivity index (χ1n) is 6.20. The SMILES string of the molecule is CCCNc1cc(OC(C)CCC)nc(N)n1. The van der Waals surface area contributed by atoms with Crippen LogP contribution in [0.5, 0.6) is 5.88 Å². The molecule has 0 aliphatic heterocycles. The van der Waals surface area contributed by atoms with E-state index in [9.17, 15) is 0 Å². The molecule has 5 nitrogen and oxygen atoms in total. The van der Waals surface area contributed by atoms with Gasteiger partial charge in [-0.25, -0.2) is 0 Å². The van der Waals surface area contributed by atoms with Gasteiger partial charge in [0, 0.05) is 12.6 Å². The van der Waals surface area contributed by atoms with Crippen LogP contribution in [0.15, 0.2) is 6.07 Å². The summed E-state index contributed by atoms with van der Waals surface area (Å²) >= 11 is 0. The number of aromatic nitrogens is 2. The van der Waals surface area contributed by atoms with Crippen molar-refractivity contribution in [2.24, 2.45) is 0 Å². The molecule has 0 amide bonds. The number of hydrogen-bond donors (Lipinski definition) is 2. The van der Waals surface area contributed by atoms with Crippen LogP contribution < -0.4 is 15.8 Å². The Morgan fingerprint density at radius 2 is 2.12 bits per heavy atom. The zero-order valence-corrected chi connectivity index (χ0v) is 10.9. The van der Waals surface area contributed by atoms with Gasteiger partial charge in [-0.1, -0.05) is 20.3 Å². The first-order valence-corrected chi connectivity index (χ1v) is 6.20. The van der Waals surface area contributed by atoms with Crippen LogP contribution in [0.4, 0.5) is 11.8 Å². The Morgan fingerprint density at radius 3 is 2.76 bits per heavy atom. The van der Waals surface area contributed by atoms with Crippen molar-refractivity contribution in [3.05, 3.63) is 6.07 Å². The molecule has 0 aliphatic rings. The van der Waals surface area contributed by atoms with Crippen LogP contribution in [-0.4, -0.2) is 22.6 Å². The van der Waals surface area contributed by atoms with Crippen molar-refractivity contribution >= 4 is 11.8 Å². The molecule has 96 valence electrons. The van der Waals surface area contributed by atoms with Crippen molar-refractivity contribution in [1.82, 2.24) is 9.97 Å². The van der Waals surface area contributed by atoms with Gasteiger partial charge >= 0.3 is 0 Å². The summed E-state index contributed by atoms with van der Waals surface area (Å²) in [6, 6.07) is 1.79. The summed E-state index contributed by atoms with van der Waals surface area (Å²) in [6.45, 7) is 7.11. The van der Waals surface area contributed by atoms with E-state index in [2.05, 4.69) is 29.1 Å². The fourth-order valence-electron chi connectivity index (χ4n) is 1.52. The molecule has 0 radical (unpaired) electrons. The minimum absolute atomic E-state index is 0.147. The minimum Gasteiger partial charge on any atom is -0.474 e. The number of hydrogen-bond acceptors (Lipinski definition) is 5. The second kappa shape index (κ2) is 6.93. The quantitative estimate of drug-likeness (QED) is 0.763. The van der Waals surface area contributed by atoms with Gasteiger partial charge in [-0.05, 0) is 19.8 Å². The predicted molar refractivity (Wildman–Crippen MR) is 70.2 cm³/mol. The first-order chi connectivity index (χ1) is 8.15. The summed E-state index contributed by atoms with van der Waals surface area (Å²) < 4.78 is 5.69. The summed E-state index contributed by atoms with van der Waals surface area (Å²) in [5, 5.41) is 3.17. The van der Waals surface area contributed by atoms with Gasteiger partial charge in [0.05, 0.1) is 6.10 Å². The van der Waals surface area contributed by atoms with Gasteiger partial charge in [0.25, 0.3) is 0 Å². The number of nitrogens with zero attached hydrogens (tertiary/aromatic N) is 2. The summed E-state index contributed by atoms with van der Waals surface area (Å²) in [6.07, 6.45) is 3.27. The smallest absolute Gasteiger partial charge is 0.225 e. The summed E-state index contributed by atoms with van der Waals surface area (Å²) in [5.41, 5.74) is 5.64. The minimum atomic E-state index is 0.147. The van der Waals surface area contributed by atoms with Crippen LogP contribution >= 0.6 is 0 Å². The second-order valence-corrected chi connectivity index (χ2v) is 4.09. The zero-order chi connectivity index (χ0) is 12.7. The van der Waals surface area contributed by atoms with Crippen molar-refractivity contribution in [3.8, 4) is 5.88 Å². The maximum absolute atomic E-state index is 5.69. The molecule has 0 aliphatic carbocycles. The maximum atomic E-state index is 5.69. The molecule has 1 aromatic heterocycles. The normalized spacial score (nSPS) is 12.2. The molecule has 0 saturated carbocycles. The van der Waals surface area contributed by atoms with E-state index in [-0.39, 0.29) is 12.1 Å². The van der Waals surface area contributed by atoms with E-state index in [1.54, 1.807) is 6.07 Å². The molecular formula is C12H22N4O. The van der Waals surface area contributed by atoms with Crippen LogP contribution in [-0.2, 0) is 0 Å². The molecule has 17 heavy (non-hydrogen) atoms. The molecule has 1 unspecified atom stereocenters. The lowest BCUT2D eigenvalue weighted by Crippen LogP contribution is -2.13. The third-order valence-corrected chi connectivity index (χ3v) is 2.29. The molecule has 1 heterocycles.